The molecule has 6 nitrogen and oxygen atoms in total. The number of rotatable bonds is 6. The Labute approximate surface area is 222 Å². The van der Waals surface area contributed by atoms with Crippen molar-refractivity contribution in [3.8, 4) is 0 Å². The first-order valence-corrected chi connectivity index (χ1v) is 11.6. The number of nitrogens with zero attached hydrogens (tertiary/aromatic N) is 3. The van der Waals surface area contributed by atoms with Crippen LogP contribution < -0.4 is 15.5 Å². The largest absolute Gasteiger partial charge is 0.369 e. The van der Waals surface area contributed by atoms with Crippen molar-refractivity contribution in [1.29, 1.82) is 0 Å². The highest BCUT2D eigenvalue weighted by atomic mass is 35.5. The Hall–Kier alpha value is -2.77. The van der Waals surface area contributed by atoms with Gasteiger partial charge in [0.25, 0.3) is 5.91 Å². The molecule has 1 aliphatic heterocycles. The summed E-state index contributed by atoms with van der Waals surface area (Å²) in [6.45, 7) is 4.93. The molecule has 0 spiro atoms. The number of carbonyl (C=O) groups is 1. The van der Waals surface area contributed by atoms with Crippen LogP contribution in [0.25, 0.3) is 11.0 Å². The molecule has 0 aliphatic carbocycles. The van der Waals surface area contributed by atoms with Crippen molar-refractivity contribution < 1.29 is 4.79 Å². The fourth-order valence-electron chi connectivity index (χ4n) is 4.24. The van der Waals surface area contributed by atoms with Crippen LogP contribution in [0.5, 0.6) is 0 Å². The molecule has 1 amide bonds. The molecular formula is C26H28Cl3N5O. The summed E-state index contributed by atoms with van der Waals surface area (Å²) < 4.78 is 1.93. The summed E-state index contributed by atoms with van der Waals surface area (Å²) >= 11 is 6.25. The van der Waals surface area contributed by atoms with E-state index in [1.165, 1.54) is 5.69 Å². The van der Waals surface area contributed by atoms with Gasteiger partial charge in [-0.2, -0.15) is 0 Å². The third-order valence-corrected chi connectivity index (χ3v) is 6.18. The number of piperazine rings is 1. The molecule has 3 aromatic carbocycles. The predicted octanol–water partition coefficient (Wildman–Crippen LogP) is 4.92. The number of halogens is 3. The quantitative estimate of drug-likeness (QED) is 0.370. The van der Waals surface area contributed by atoms with Crippen LogP contribution in [0.4, 0.5) is 5.69 Å². The van der Waals surface area contributed by atoms with Crippen LogP contribution in [-0.2, 0) is 13.1 Å². The summed E-state index contributed by atoms with van der Waals surface area (Å²) in [6, 6.07) is 23.9. The lowest BCUT2D eigenvalue weighted by Gasteiger charge is -2.29. The average molecular weight is 533 g/mol. The molecule has 4 aromatic rings. The fourth-order valence-corrected chi connectivity index (χ4v) is 4.41. The lowest BCUT2D eigenvalue weighted by Crippen LogP contribution is -2.43. The van der Waals surface area contributed by atoms with Crippen LogP contribution in [0.1, 0.15) is 21.7 Å². The van der Waals surface area contributed by atoms with Gasteiger partial charge in [0.2, 0.25) is 0 Å². The smallest absolute Gasteiger partial charge is 0.287 e. The second-order valence-corrected chi connectivity index (χ2v) is 8.67. The Kier molecular flexibility index (Phi) is 9.40. The molecule has 35 heavy (non-hydrogen) atoms. The minimum Gasteiger partial charge on any atom is -0.369 e. The zero-order valence-electron chi connectivity index (χ0n) is 19.1. The number of aromatic nitrogens is 2. The molecule has 0 unspecified atom stereocenters. The summed E-state index contributed by atoms with van der Waals surface area (Å²) in [4.78, 5) is 20.2. The normalized spacial score (nSPS) is 13.1. The maximum absolute atomic E-state index is 13.2. The molecule has 9 heteroatoms. The van der Waals surface area contributed by atoms with Crippen LogP contribution >= 0.6 is 36.4 Å². The first kappa shape index (κ1) is 26.8. The van der Waals surface area contributed by atoms with Gasteiger partial charge < -0.3 is 20.1 Å². The summed E-state index contributed by atoms with van der Waals surface area (Å²) in [5.41, 5.74) is 4.94. The number of anilines is 1. The zero-order chi connectivity index (χ0) is 22.6. The maximum atomic E-state index is 13.2. The van der Waals surface area contributed by atoms with Crippen molar-refractivity contribution >= 4 is 59.0 Å². The molecule has 5 rings (SSSR count). The lowest BCUT2D eigenvalue weighted by atomic mass is 10.1. The molecule has 184 valence electrons. The Morgan fingerprint density at radius 3 is 2.46 bits per heavy atom. The van der Waals surface area contributed by atoms with E-state index in [9.17, 15) is 4.79 Å². The molecular weight excluding hydrogens is 505 g/mol. The number of imidazole rings is 1. The van der Waals surface area contributed by atoms with Crippen molar-refractivity contribution in [2.45, 2.75) is 13.1 Å². The number of amides is 1. The Morgan fingerprint density at radius 2 is 1.69 bits per heavy atom. The van der Waals surface area contributed by atoms with Gasteiger partial charge in [0.1, 0.15) is 0 Å². The highest BCUT2D eigenvalue weighted by Gasteiger charge is 2.18. The van der Waals surface area contributed by atoms with Crippen molar-refractivity contribution in [3.05, 3.63) is 94.8 Å². The van der Waals surface area contributed by atoms with E-state index in [1.54, 1.807) is 6.07 Å². The molecule has 0 radical (unpaired) electrons. The van der Waals surface area contributed by atoms with Gasteiger partial charge in [0, 0.05) is 50.0 Å². The highest BCUT2D eigenvalue weighted by molar-refractivity contribution is 6.31. The van der Waals surface area contributed by atoms with Gasteiger partial charge in [-0.3, -0.25) is 4.79 Å². The van der Waals surface area contributed by atoms with Crippen LogP contribution in [0.2, 0.25) is 5.02 Å². The van der Waals surface area contributed by atoms with Gasteiger partial charge in [-0.15, -0.1) is 24.8 Å². The third-order valence-electron chi connectivity index (χ3n) is 5.94. The standard InChI is InChI=1S/C26H26ClN5O.2ClH/c27-21-9-10-23-24(16-21)32(18-19-5-2-1-3-6-19)25(30-23)26(33)29-17-20-7-4-8-22(15-20)31-13-11-28-12-14-31;;/h1-10,15-16,28H,11-14,17-18H2,(H,29,33);2*1H. The van der Waals surface area contributed by atoms with Gasteiger partial charge >= 0.3 is 0 Å². The molecule has 0 atom stereocenters. The average Bonchev–Trinajstić information content (AvgIpc) is 3.21. The van der Waals surface area contributed by atoms with E-state index in [1.807, 2.05) is 59.2 Å². The number of benzene rings is 3. The number of hydrogen-bond acceptors (Lipinski definition) is 4. The molecule has 1 fully saturated rings. The van der Waals surface area contributed by atoms with Crippen LogP contribution in [0.15, 0.2) is 72.8 Å². The van der Waals surface area contributed by atoms with Crippen molar-refractivity contribution in [3.63, 3.8) is 0 Å². The van der Waals surface area contributed by atoms with E-state index in [0.29, 0.717) is 23.9 Å². The van der Waals surface area contributed by atoms with E-state index < -0.39 is 0 Å². The second kappa shape index (κ2) is 12.3. The first-order valence-electron chi connectivity index (χ1n) is 11.2. The summed E-state index contributed by atoms with van der Waals surface area (Å²) in [6.07, 6.45) is 0. The lowest BCUT2D eigenvalue weighted by molar-refractivity contribution is 0.0937. The summed E-state index contributed by atoms with van der Waals surface area (Å²) in [7, 11) is 0. The second-order valence-electron chi connectivity index (χ2n) is 8.23. The highest BCUT2D eigenvalue weighted by Crippen LogP contribution is 2.22. The summed E-state index contributed by atoms with van der Waals surface area (Å²) in [5.74, 6) is 0.181. The Morgan fingerprint density at radius 1 is 0.943 bits per heavy atom. The number of carbonyl (C=O) groups excluding carboxylic acids is 1. The maximum Gasteiger partial charge on any atom is 0.287 e. The molecule has 1 aromatic heterocycles. The van der Waals surface area contributed by atoms with Crippen LogP contribution in [0.3, 0.4) is 0 Å². The van der Waals surface area contributed by atoms with E-state index in [0.717, 1.165) is 48.3 Å². The summed E-state index contributed by atoms with van der Waals surface area (Å²) in [5, 5.41) is 7.06. The SMILES string of the molecule is Cl.Cl.O=C(NCc1cccc(N2CCNCC2)c1)c1nc2ccc(Cl)cc2n1Cc1ccccc1. The van der Waals surface area contributed by atoms with Gasteiger partial charge in [-0.25, -0.2) is 4.98 Å². The molecule has 2 N–H and O–H groups in total. The molecule has 2 heterocycles. The number of hydrogen-bond donors (Lipinski definition) is 2. The Balaban J connectivity index is 0.00000171. The molecule has 0 bridgehead atoms. The molecule has 1 aliphatic rings. The Bertz CT molecular complexity index is 1270. The monoisotopic (exact) mass is 531 g/mol. The predicted molar refractivity (Wildman–Crippen MR) is 147 cm³/mol. The van der Waals surface area contributed by atoms with Crippen molar-refractivity contribution in [2.75, 3.05) is 31.1 Å². The fraction of sp³-hybridized carbons (Fsp3) is 0.231. The minimum atomic E-state index is -0.203. The van der Waals surface area contributed by atoms with Crippen molar-refractivity contribution in [2.24, 2.45) is 0 Å². The first-order chi connectivity index (χ1) is 16.2. The van der Waals surface area contributed by atoms with Gasteiger partial charge in [0.05, 0.1) is 11.0 Å². The van der Waals surface area contributed by atoms with Crippen molar-refractivity contribution in [1.82, 2.24) is 20.2 Å². The topological polar surface area (TPSA) is 62.2 Å². The number of fused-ring (bicyclic) bond motifs is 1. The minimum absolute atomic E-state index is 0. The van der Waals surface area contributed by atoms with Crippen LogP contribution in [0, 0.1) is 0 Å². The van der Waals surface area contributed by atoms with E-state index in [4.69, 9.17) is 11.6 Å². The van der Waals surface area contributed by atoms with E-state index in [2.05, 4.69) is 32.7 Å². The molecule has 0 saturated carbocycles. The van der Waals surface area contributed by atoms with Crippen LogP contribution in [-0.4, -0.2) is 41.6 Å². The van der Waals surface area contributed by atoms with E-state index in [-0.39, 0.29) is 30.7 Å². The van der Waals surface area contributed by atoms with Gasteiger partial charge in [-0.05, 0) is 41.5 Å². The van der Waals surface area contributed by atoms with Gasteiger partial charge in [-0.1, -0.05) is 54.1 Å². The zero-order valence-corrected chi connectivity index (χ0v) is 21.5. The van der Waals surface area contributed by atoms with E-state index >= 15 is 0 Å². The third kappa shape index (κ3) is 6.27. The number of nitrogens with one attached hydrogen (secondary N) is 2. The van der Waals surface area contributed by atoms with Gasteiger partial charge in [0.15, 0.2) is 5.82 Å². The molecule has 1 saturated heterocycles.